The highest BCUT2D eigenvalue weighted by Crippen LogP contribution is 2.23. The predicted octanol–water partition coefficient (Wildman–Crippen LogP) is 2.02. The van der Waals surface area contributed by atoms with Gasteiger partial charge in [-0.25, -0.2) is 4.98 Å². The largest absolute Gasteiger partial charge is 0.369 e. The molecule has 0 saturated heterocycles. The van der Waals surface area contributed by atoms with Gasteiger partial charge in [-0.15, -0.1) is 11.3 Å². The molecule has 0 aliphatic rings. The Morgan fingerprint density at radius 2 is 2.05 bits per heavy atom. The fourth-order valence-electron chi connectivity index (χ4n) is 1.93. The van der Waals surface area contributed by atoms with Crippen LogP contribution in [0.3, 0.4) is 0 Å². The molecule has 0 radical (unpaired) electrons. The normalized spacial score (nSPS) is 10.9. The van der Waals surface area contributed by atoms with E-state index in [1.165, 1.54) is 27.7 Å². The van der Waals surface area contributed by atoms with Crippen LogP contribution in [0.15, 0.2) is 51.7 Å². The Balaban J connectivity index is 2.23. The van der Waals surface area contributed by atoms with Crippen LogP contribution in [0.4, 0.5) is 0 Å². The van der Waals surface area contributed by atoms with Gasteiger partial charge in [0.15, 0.2) is 5.16 Å². The number of rotatable bonds is 4. The number of carbonyl (C=O) groups is 1. The molecule has 21 heavy (non-hydrogen) atoms. The van der Waals surface area contributed by atoms with Crippen molar-refractivity contribution in [2.75, 3.05) is 5.75 Å². The van der Waals surface area contributed by atoms with Crippen molar-refractivity contribution < 1.29 is 4.79 Å². The number of benzene rings is 1. The molecule has 0 bridgehead atoms. The Hall–Kier alpha value is -2.12. The lowest BCUT2D eigenvalue weighted by Gasteiger charge is -2.11. The Morgan fingerprint density at radius 3 is 2.76 bits per heavy atom. The summed E-state index contributed by atoms with van der Waals surface area (Å²) in [5, 5.41) is 2.88. The number of amides is 1. The number of nitrogens with two attached hydrogens (primary N) is 1. The SMILES string of the molecule is NC(=O)CSc1nc2sccc2c(=O)n1-c1ccccc1. The van der Waals surface area contributed by atoms with Gasteiger partial charge in [-0.1, -0.05) is 30.0 Å². The maximum Gasteiger partial charge on any atom is 0.267 e. The van der Waals surface area contributed by atoms with Crippen LogP contribution < -0.4 is 11.3 Å². The van der Waals surface area contributed by atoms with Crippen molar-refractivity contribution in [3.8, 4) is 5.69 Å². The zero-order valence-corrected chi connectivity index (χ0v) is 12.5. The third-order valence-corrected chi connectivity index (χ3v) is 4.59. The monoisotopic (exact) mass is 317 g/mol. The van der Waals surface area contributed by atoms with Crippen molar-refractivity contribution in [2.24, 2.45) is 5.73 Å². The van der Waals surface area contributed by atoms with Crippen molar-refractivity contribution >= 4 is 39.2 Å². The van der Waals surface area contributed by atoms with Crippen molar-refractivity contribution in [1.82, 2.24) is 9.55 Å². The lowest BCUT2D eigenvalue weighted by atomic mass is 10.3. The molecular weight excluding hydrogens is 306 g/mol. The summed E-state index contributed by atoms with van der Waals surface area (Å²) in [5.74, 6) is -0.365. The molecular formula is C14H11N3O2S2. The fraction of sp³-hybridized carbons (Fsp3) is 0.0714. The zero-order valence-electron chi connectivity index (χ0n) is 10.9. The lowest BCUT2D eigenvalue weighted by Crippen LogP contribution is -2.22. The topological polar surface area (TPSA) is 78.0 Å². The lowest BCUT2D eigenvalue weighted by molar-refractivity contribution is -0.115. The standard InChI is InChI=1S/C14H11N3O2S2/c15-11(18)8-21-14-16-12-10(6-7-20-12)13(19)17(14)9-4-2-1-3-5-9/h1-7H,8H2,(H2,15,18). The first-order valence-corrected chi connectivity index (χ1v) is 8.00. The minimum Gasteiger partial charge on any atom is -0.369 e. The van der Waals surface area contributed by atoms with E-state index in [-0.39, 0.29) is 11.3 Å². The minimum absolute atomic E-state index is 0.0795. The second-order valence-electron chi connectivity index (χ2n) is 4.26. The van der Waals surface area contributed by atoms with Gasteiger partial charge in [-0.3, -0.25) is 14.2 Å². The molecule has 2 N–H and O–H groups in total. The van der Waals surface area contributed by atoms with Gasteiger partial charge < -0.3 is 5.73 Å². The molecule has 0 saturated carbocycles. The van der Waals surface area contributed by atoms with Crippen LogP contribution in [0.5, 0.6) is 0 Å². The summed E-state index contributed by atoms with van der Waals surface area (Å²) in [6, 6.07) is 11.0. The molecule has 106 valence electrons. The number of para-hydroxylation sites is 1. The molecule has 0 aliphatic heterocycles. The van der Waals surface area contributed by atoms with Crippen LogP contribution in [-0.2, 0) is 4.79 Å². The number of aromatic nitrogens is 2. The van der Waals surface area contributed by atoms with E-state index in [9.17, 15) is 9.59 Å². The smallest absolute Gasteiger partial charge is 0.267 e. The average molecular weight is 317 g/mol. The van der Waals surface area contributed by atoms with Crippen LogP contribution in [0.25, 0.3) is 15.9 Å². The Kier molecular flexibility index (Phi) is 3.76. The summed E-state index contributed by atoms with van der Waals surface area (Å²) in [6.07, 6.45) is 0. The molecule has 0 spiro atoms. The summed E-state index contributed by atoms with van der Waals surface area (Å²) in [4.78, 5) is 28.8. The first-order valence-electron chi connectivity index (χ1n) is 6.13. The van der Waals surface area contributed by atoms with E-state index in [4.69, 9.17) is 5.73 Å². The van der Waals surface area contributed by atoms with E-state index < -0.39 is 5.91 Å². The number of primary amides is 1. The van der Waals surface area contributed by atoms with Crippen LogP contribution in [-0.4, -0.2) is 21.2 Å². The van der Waals surface area contributed by atoms with E-state index in [0.717, 1.165) is 5.69 Å². The van der Waals surface area contributed by atoms with Gasteiger partial charge in [0.05, 0.1) is 16.8 Å². The molecule has 3 rings (SSSR count). The summed E-state index contributed by atoms with van der Waals surface area (Å²) < 4.78 is 1.52. The highest BCUT2D eigenvalue weighted by Gasteiger charge is 2.14. The second kappa shape index (κ2) is 5.71. The molecule has 7 heteroatoms. The number of thioether (sulfide) groups is 1. The highest BCUT2D eigenvalue weighted by molar-refractivity contribution is 7.99. The quantitative estimate of drug-likeness (QED) is 0.590. The molecule has 1 aromatic carbocycles. The van der Waals surface area contributed by atoms with E-state index in [1.807, 2.05) is 35.7 Å². The molecule has 3 aromatic rings. The minimum atomic E-state index is -0.444. The van der Waals surface area contributed by atoms with Crippen molar-refractivity contribution in [1.29, 1.82) is 0 Å². The van der Waals surface area contributed by atoms with Crippen molar-refractivity contribution in [2.45, 2.75) is 5.16 Å². The number of fused-ring (bicyclic) bond motifs is 1. The molecule has 0 aliphatic carbocycles. The van der Waals surface area contributed by atoms with Gasteiger partial charge in [0.2, 0.25) is 5.91 Å². The van der Waals surface area contributed by atoms with Gasteiger partial charge in [0, 0.05) is 0 Å². The average Bonchev–Trinajstić information content (AvgIpc) is 2.95. The van der Waals surface area contributed by atoms with Crippen molar-refractivity contribution in [3.05, 3.63) is 52.1 Å². The Labute approximate surface area is 128 Å². The molecule has 0 unspecified atom stereocenters. The summed E-state index contributed by atoms with van der Waals surface area (Å²) in [5.41, 5.74) is 5.77. The highest BCUT2D eigenvalue weighted by atomic mass is 32.2. The van der Waals surface area contributed by atoms with Gasteiger partial charge in [-0.05, 0) is 23.6 Å². The summed E-state index contributed by atoms with van der Waals surface area (Å²) in [6.45, 7) is 0. The number of carbonyl (C=O) groups excluding carboxylic acids is 1. The second-order valence-corrected chi connectivity index (χ2v) is 6.10. The molecule has 2 heterocycles. The van der Waals surface area contributed by atoms with Gasteiger partial charge in [0.25, 0.3) is 5.56 Å². The first-order chi connectivity index (χ1) is 10.2. The third kappa shape index (κ3) is 2.70. The van der Waals surface area contributed by atoms with Crippen LogP contribution >= 0.6 is 23.1 Å². The third-order valence-electron chi connectivity index (χ3n) is 2.82. The number of hydrogen-bond acceptors (Lipinski definition) is 5. The molecule has 5 nitrogen and oxygen atoms in total. The number of hydrogen-bond donors (Lipinski definition) is 1. The Bertz CT molecular complexity index is 856. The maximum absolute atomic E-state index is 12.7. The van der Waals surface area contributed by atoms with Gasteiger partial charge >= 0.3 is 0 Å². The van der Waals surface area contributed by atoms with Crippen molar-refractivity contribution in [3.63, 3.8) is 0 Å². The molecule has 1 amide bonds. The molecule has 0 atom stereocenters. The Morgan fingerprint density at radius 1 is 1.29 bits per heavy atom. The van der Waals surface area contributed by atoms with Crippen LogP contribution in [0.2, 0.25) is 0 Å². The van der Waals surface area contributed by atoms with E-state index >= 15 is 0 Å². The summed E-state index contributed by atoms with van der Waals surface area (Å²) in [7, 11) is 0. The first kappa shape index (κ1) is 13.8. The fourth-order valence-corrected chi connectivity index (χ4v) is 3.49. The van der Waals surface area contributed by atoms with E-state index in [0.29, 0.717) is 15.4 Å². The predicted molar refractivity (Wildman–Crippen MR) is 85.1 cm³/mol. The molecule has 0 fully saturated rings. The summed E-state index contributed by atoms with van der Waals surface area (Å²) >= 11 is 2.57. The van der Waals surface area contributed by atoms with E-state index in [1.54, 1.807) is 6.07 Å². The van der Waals surface area contributed by atoms with Crippen LogP contribution in [0.1, 0.15) is 0 Å². The van der Waals surface area contributed by atoms with Gasteiger partial charge in [-0.2, -0.15) is 0 Å². The van der Waals surface area contributed by atoms with Crippen LogP contribution in [0, 0.1) is 0 Å². The number of nitrogens with zero attached hydrogens (tertiary/aromatic N) is 2. The van der Waals surface area contributed by atoms with E-state index in [2.05, 4.69) is 4.98 Å². The molecule has 2 aromatic heterocycles. The zero-order chi connectivity index (χ0) is 14.8. The number of thiophene rings is 1. The maximum atomic E-state index is 12.7. The van der Waals surface area contributed by atoms with Gasteiger partial charge in [0.1, 0.15) is 4.83 Å².